The standard InChI is InChI=1S/C15H21FO2/c1-4-7-12-8-10-13(11-9-12)15(16,5-2)14(17)18-6-3/h8-11H,4-7H2,1-3H3. The predicted molar refractivity (Wildman–Crippen MR) is 70.1 cm³/mol. The van der Waals surface area contributed by atoms with E-state index in [-0.39, 0.29) is 13.0 Å². The molecule has 100 valence electrons. The SMILES string of the molecule is CCCc1ccc(C(F)(CC)C(=O)OCC)cc1. The minimum Gasteiger partial charge on any atom is -0.463 e. The summed E-state index contributed by atoms with van der Waals surface area (Å²) in [6.07, 6.45) is 2.09. The molecule has 0 spiro atoms. The van der Waals surface area contributed by atoms with Crippen LogP contribution in [0.25, 0.3) is 0 Å². The van der Waals surface area contributed by atoms with Crippen LogP contribution in [-0.2, 0) is 21.6 Å². The van der Waals surface area contributed by atoms with E-state index in [1.165, 1.54) is 0 Å². The number of hydrogen-bond donors (Lipinski definition) is 0. The maximum Gasteiger partial charge on any atom is 0.348 e. The third kappa shape index (κ3) is 3.09. The van der Waals surface area contributed by atoms with Crippen molar-refractivity contribution in [2.24, 2.45) is 0 Å². The van der Waals surface area contributed by atoms with Gasteiger partial charge in [0.2, 0.25) is 5.67 Å². The van der Waals surface area contributed by atoms with Gasteiger partial charge in [0.1, 0.15) is 0 Å². The van der Waals surface area contributed by atoms with Gasteiger partial charge >= 0.3 is 5.97 Å². The van der Waals surface area contributed by atoms with Crippen LogP contribution in [0.1, 0.15) is 44.7 Å². The summed E-state index contributed by atoms with van der Waals surface area (Å²) in [7, 11) is 0. The first-order valence-electron chi connectivity index (χ1n) is 6.54. The highest BCUT2D eigenvalue weighted by Crippen LogP contribution is 2.31. The zero-order valence-electron chi connectivity index (χ0n) is 11.3. The van der Waals surface area contributed by atoms with Gasteiger partial charge in [-0.3, -0.25) is 0 Å². The molecule has 0 N–H and O–H groups in total. The van der Waals surface area contributed by atoms with E-state index in [9.17, 15) is 9.18 Å². The third-order valence-electron chi connectivity index (χ3n) is 3.04. The van der Waals surface area contributed by atoms with Crippen molar-refractivity contribution in [1.29, 1.82) is 0 Å². The fourth-order valence-electron chi connectivity index (χ4n) is 1.94. The second kappa shape index (κ2) is 6.53. The predicted octanol–water partition coefficient (Wildman–Crippen LogP) is 3.78. The van der Waals surface area contributed by atoms with E-state index in [1.54, 1.807) is 26.0 Å². The molecule has 0 aliphatic rings. The van der Waals surface area contributed by atoms with E-state index >= 15 is 0 Å². The Labute approximate surface area is 108 Å². The quantitative estimate of drug-likeness (QED) is 0.720. The molecule has 1 aromatic rings. The van der Waals surface area contributed by atoms with Crippen molar-refractivity contribution in [2.75, 3.05) is 6.61 Å². The fourth-order valence-corrected chi connectivity index (χ4v) is 1.94. The number of carbonyl (C=O) groups is 1. The largest absolute Gasteiger partial charge is 0.463 e. The summed E-state index contributed by atoms with van der Waals surface area (Å²) < 4.78 is 19.5. The molecule has 2 nitrogen and oxygen atoms in total. The number of esters is 1. The molecule has 18 heavy (non-hydrogen) atoms. The number of halogens is 1. The van der Waals surface area contributed by atoms with E-state index in [1.807, 2.05) is 12.1 Å². The number of alkyl halides is 1. The van der Waals surface area contributed by atoms with Crippen molar-refractivity contribution in [3.8, 4) is 0 Å². The Hall–Kier alpha value is -1.38. The highest BCUT2D eigenvalue weighted by molar-refractivity contribution is 5.81. The number of rotatable bonds is 6. The van der Waals surface area contributed by atoms with Crippen molar-refractivity contribution in [1.82, 2.24) is 0 Å². The number of aryl methyl sites for hydroxylation is 1. The Balaban J connectivity index is 2.97. The summed E-state index contributed by atoms with van der Waals surface area (Å²) in [6, 6.07) is 7.13. The molecule has 0 aliphatic carbocycles. The molecule has 0 bridgehead atoms. The van der Waals surface area contributed by atoms with Crippen molar-refractivity contribution in [3.63, 3.8) is 0 Å². The summed E-state index contributed by atoms with van der Waals surface area (Å²) in [5.41, 5.74) is -0.493. The second-order valence-electron chi connectivity index (χ2n) is 4.32. The van der Waals surface area contributed by atoms with Crippen LogP contribution >= 0.6 is 0 Å². The smallest absolute Gasteiger partial charge is 0.348 e. The van der Waals surface area contributed by atoms with Crippen LogP contribution < -0.4 is 0 Å². The van der Waals surface area contributed by atoms with Crippen LogP contribution in [0.4, 0.5) is 4.39 Å². The number of ether oxygens (including phenoxy) is 1. The van der Waals surface area contributed by atoms with Crippen LogP contribution in [-0.4, -0.2) is 12.6 Å². The monoisotopic (exact) mass is 252 g/mol. The molecule has 0 radical (unpaired) electrons. The molecule has 0 saturated carbocycles. The Kier molecular flexibility index (Phi) is 5.32. The van der Waals surface area contributed by atoms with Crippen LogP contribution in [0.15, 0.2) is 24.3 Å². The summed E-state index contributed by atoms with van der Waals surface area (Å²) in [4.78, 5) is 11.7. The van der Waals surface area contributed by atoms with Crippen molar-refractivity contribution in [2.45, 2.75) is 45.7 Å². The van der Waals surface area contributed by atoms with Crippen LogP contribution in [0.3, 0.4) is 0 Å². The van der Waals surface area contributed by atoms with E-state index in [0.717, 1.165) is 18.4 Å². The molecule has 1 unspecified atom stereocenters. The molecular weight excluding hydrogens is 231 g/mol. The van der Waals surface area contributed by atoms with E-state index in [0.29, 0.717) is 5.56 Å². The van der Waals surface area contributed by atoms with Crippen molar-refractivity contribution in [3.05, 3.63) is 35.4 Å². The summed E-state index contributed by atoms with van der Waals surface area (Å²) in [5.74, 6) is -0.796. The first-order chi connectivity index (χ1) is 8.58. The summed E-state index contributed by atoms with van der Waals surface area (Å²) >= 11 is 0. The van der Waals surface area contributed by atoms with Gasteiger partial charge in [0.25, 0.3) is 0 Å². The molecule has 1 aromatic carbocycles. The lowest BCUT2D eigenvalue weighted by molar-refractivity contribution is -0.158. The average molecular weight is 252 g/mol. The topological polar surface area (TPSA) is 26.3 Å². The van der Waals surface area contributed by atoms with Gasteiger partial charge in [0, 0.05) is 5.56 Å². The number of carbonyl (C=O) groups excluding carboxylic acids is 1. The minimum atomic E-state index is -2.03. The van der Waals surface area contributed by atoms with Crippen LogP contribution in [0.5, 0.6) is 0 Å². The molecule has 0 aromatic heterocycles. The lowest BCUT2D eigenvalue weighted by Gasteiger charge is -2.22. The minimum absolute atomic E-state index is 0.0823. The lowest BCUT2D eigenvalue weighted by Crippen LogP contribution is -2.32. The van der Waals surface area contributed by atoms with Gasteiger partial charge in [0.05, 0.1) is 6.61 Å². The highest BCUT2D eigenvalue weighted by Gasteiger charge is 2.40. The van der Waals surface area contributed by atoms with Gasteiger partial charge in [-0.15, -0.1) is 0 Å². The van der Waals surface area contributed by atoms with Crippen LogP contribution in [0, 0.1) is 0 Å². The van der Waals surface area contributed by atoms with E-state index in [2.05, 4.69) is 6.92 Å². The maximum absolute atomic E-state index is 14.7. The first-order valence-corrected chi connectivity index (χ1v) is 6.54. The molecule has 0 aliphatic heterocycles. The normalized spacial score (nSPS) is 14.0. The summed E-state index contributed by atoms with van der Waals surface area (Å²) in [6.45, 7) is 5.62. The highest BCUT2D eigenvalue weighted by atomic mass is 19.1. The average Bonchev–Trinajstić information content (AvgIpc) is 2.39. The van der Waals surface area contributed by atoms with Crippen molar-refractivity contribution < 1.29 is 13.9 Å². The van der Waals surface area contributed by atoms with Gasteiger partial charge in [-0.2, -0.15) is 0 Å². The second-order valence-corrected chi connectivity index (χ2v) is 4.32. The van der Waals surface area contributed by atoms with Gasteiger partial charge in [-0.25, -0.2) is 9.18 Å². The number of hydrogen-bond acceptors (Lipinski definition) is 2. The molecule has 0 saturated heterocycles. The van der Waals surface area contributed by atoms with Gasteiger partial charge in [-0.1, -0.05) is 44.5 Å². The maximum atomic E-state index is 14.7. The molecule has 0 heterocycles. The number of benzene rings is 1. The van der Waals surface area contributed by atoms with Crippen LogP contribution in [0.2, 0.25) is 0 Å². The Morgan fingerprint density at radius 1 is 1.22 bits per heavy atom. The van der Waals surface area contributed by atoms with Crippen molar-refractivity contribution >= 4 is 5.97 Å². The first kappa shape index (κ1) is 14.7. The molecule has 1 atom stereocenters. The zero-order valence-corrected chi connectivity index (χ0v) is 11.3. The molecule has 1 rings (SSSR count). The Bertz CT molecular complexity index is 386. The fraction of sp³-hybridized carbons (Fsp3) is 0.533. The molecule has 3 heteroatoms. The summed E-state index contributed by atoms with van der Waals surface area (Å²) in [5, 5.41) is 0. The van der Waals surface area contributed by atoms with Gasteiger partial charge < -0.3 is 4.74 Å². The zero-order chi connectivity index (χ0) is 13.6. The third-order valence-corrected chi connectivity index (χ3v) is 3.04. The van der Waals surface area contributed by atoms with E-state index in [4.69, 9.17) is 4.74 Å². The molecule has 0 fully saturated rings. The van der Waals surface area contributed by atoms with Gasteiger partial charge in [-0.05, 0) is 25.3 Å². The Morgan fingerprint density at radius 2 is 1.83 bits per heavy atom. The van der Waals surface area contributed by atoms with E-state index < -0.39 is 11.6 Å². The molecular formula is C15H21FO2. The van der Waals surface area contributed by atoms with Gasteiger partial charge in [0.15, 0.2) is 0 Å². The molecule has 0 amide bonds. The Morgan fingerprint density at radius 3 is 2.28 bits per heavy atom. The lowest BCUT2D eigenvalue weighted by atomic mass is 9.92.